The highest BCUT2D eigenvalue weighted by atomic mass is 16.4. The van der Waals surface area contributed by atoms with Crippen molar-refractivity contribution in [2.24, 2.45) is 5.92 Å². The number of carboxylic acid groups (broad SMARTS) is 1. The monoisotopic (exact) mass is 325 g/mol. The molecule has 0 unspecified atom stereocenters. The molecule has 2 aromatic carbocycles. The Bertz CT molecular complexity index is 784. The average Bonchev–Trinajstić information content (AvgIpc) is 2.55. The fraction of sp³-hybridized carbons (Fsp3) is 0.167. The molecule has 0 aliphatic carbocycles. The van der Waals surface area contributed by atoms with Crippen molar-refractivity contribution in [3.05, 3.63) is 59.7 Å². The van der Waals surface area contributed by atoms with Crippen molar-refractivity contribution < 1.29 is 19.5 Å². The Kier molecular flexibility index (Phi) is 5.31. The van der Waals surface area contributed by atoms with Gasteiger partial charge in [-0.25, -0.2) is 0 Å². The quantitative estimate of drug-likeness (QED) is 0.877. The van der Waals surface area contributed by atoms with E-state index < -0.39 is 11.9 Å². The molecule has 0 saturated heterocycles. The summed E-state index contributed by atoms with van der Waals surface area (Å²) in [6.07, 6.45) is 0. The number of benzene rings is 2. The largest absolute Gasteiger partial charge is 0.545 e. The van der Waals surface area contributed by atoms with Gasteiger partial charge in [-0.15, -0.1) is 0 Å². The van der Waals surface area contributed by atoms with E-state index in [1.165, 1.54) is 18.2 Å². The summed E-state index contributed by atoms with van der Waals surface area (Å²) in [4.78, 5) is 35.1. The minimum Gasteiger partial charge on any atom is -0.545 e. The summed E-state index contributed by atoms with van der Waals surface area (Å²) in [5.41, 5.74) is 0.841. The Morgan fingerprint density at radius 2 is 1.67 bits per heavy atom. The van der Waals surface area contributed by atoms with E-state index in [1.54, 1.807) is 44.2 Å². The average molecular weight is 325 g/mol. The van der Waals surface area contributed by atoms with Gasteiger partial charge < -0.3 is 20.5 Å². The lowest BCUT2D eigenvalue weighted by molar-refractivity contribution is -0.254. The molecule has 24 heavy (non-hydrogen) atoms. The topological polar surface area (TPSA) is 98.3 Å². The van der Waals surface area contributed by atoms with E-state index in [0.717, 1.165) is 0 Å². The van der Waals surface area contributed by atoms with Crippen LogP contribution in [0, 0.1) is 5.92 Å². The summed E-state index contributed by atoms with van der Waals surface area (Å²) in [5, 5.41) is 16.3. The third kappa shape index (κ3) is 4.19. The van der Waals surface area contributed by atoms with E-state index in [4.69, 9.17) is 0 Å². The first kappa shape index (κ1) is 17.2. The molecule has 6 heteroatoms. The Morgan fingerprint density at radius 1 is 0.958 bits per heavy atom. The van der Waals surface area contributed by atoms with Crippen LogP contribution in [0.2, 0.25) is 0 Å². The molecule has 2 rings (SSSR count). The molecule has 0 spiro atoms. The number of hydrogen-bond acceptors (Lipinski definition) is 4. The van der Waals surface area contributed by atoms with E-state index in [-0.39, 0.29) is 23.1 Å². The molecule has 0 aliphatic rings. The lowest BCUT2D eigenvalue weighted by Gasteiger charge is -2.12. The Labute approximate surface area is 139 Å². The molecule has 0 aliphatic heterocycles. The van der Waals surface area contributed by atoms with Crippen molar-refractivity contribution >= 4 is 29.2 Å². The summed E-state index contributed by atoms with van der Waals surface area (Å²) in [5.74, 6) is -2.19. The van der Waals surface area contributed by atoms with Gasteiger partial charge in [0, 0.05) is 22.7 Å². The first-order chi connectivity index (χ1) is 11.4. The van der Waals surface area contributed by atoms with Crippen LogP contribution >= 0.6 is 0 Å². The fourth-order valence-electron chi connectivity index (χ4n) is 1.99. The van der Waals surface area contributed by atoms with E-state index >= 15 is 0 Å². The zero-order valence-corrected chi connectivity index (χ0v) is 13.3. The van der Waals surface area contributed by atoms with Gasteiger partial charge in [-0.3, -0.25) is 9.59 Å². The van der Waals surface area contributed by atoms with Crippen LogP contribution in [-0.2, 0) is 4.79 Å². The summed E-state index contributed by atoms with van der Waals surface area (Å²) in [6.45, 7) is 3.53. The number of carbonyl (C=O) groups is 3. The van der Waals surface area contributed by atoms with Crippen molar-refractivity contribution in [1.29, 1.82) is 0 Å². The second-order valence-corrected chi connectivity index (χ2v) is 5.51. The van der Waals surface area contributed by atoms with Gasteiger partial charge in [0.15, 0.2) is 0 Å². The molecule has 2 amide bonds. The smallest absolute Gasteiger partial charge is 0.255 e. The van der Waals surface area contributed by atoms with Gasteiger partial charge in [0.1, 0.15) is 0 Å². The van der Waals surface area contributed by atoms with Crippen LogP contribution in [0.15, 0.2) is 48.5 Å². The van der Waals surface area contributed by atoms with E-state index in [2.05, 4.69) is 10.6 Å². The number of nitrogens with one attached hydrogen (secondary N) is 2. The highest BCUT2D eigenvalue weighted by Gasteiger charge is 2.12. The highest BCUT2D eigenvalue weighted by molar-refractivity contribution is 6.08. The van der Waals surface area contributed by atoms with Crippen molar-refractivity contribution in [1.82, 2.24) is 0 Å². The molecule has 0 fully saturated rings. The van der Waals surface area contributed by atoms with E-state index in [9.17, 15) is 19.5 Å². The van der Waals surface area contributed by atoms with E-state index in [1.807, 2.05) is 0 Å². The molecule has 2 aromatic rings. The van der Waals surface area contributed by atoms with Crippen LogP contribution in [0.5, 0.6) is 0 Å². The second-order valence-electron chi connectivity index (χ2n) is 5.51. The van der Waals surface area contributed by atoms with Crippen molar-refractivity contribution in [2.45, 2.75) is 13.8 Å². The lowest BCUT2D eigenvalue weighted by atomic mass is 10.1. The van der Waals surface area contributed by atoms with Gasteiger partial charge in [-0.2, -0.15) is 0 Å². The minimum absolute atomic E-state index is 0.102. The van der Waals surface area contributed by atoms with Gasteiger partial charge in [0.05, 0.1) is 11.7 Å². The molecule has 0 radical (unpaired) electrons. The Morgan fingerprint density at radius 3 is 2.33 bits per heavy atom. The molecule has 0 bridgehead atoms. The standard InChI is InChI=1S/C18H18N2O4/c1-11(2)16(21)19-13-7-5-6-12(10-13)17(22)20-15-9-4-3-8-14(15)18(23)24/h3-11H,1-2H3,(H,19,21)(H,20,22)(H,23,24)/p-1. The maximum atomic E-state index is 12.3. The van der Waals surface area contributed by atoms with Crippen LogP contribution in [0.25, 0.3) is 0 Å². The van der Waals surface area contributed by atoms with Crippen molar-refractivity contribution in [3.8, 4) is 0 Å². The van der Waals surface area contributed by atoms with Crippen LogP contribution in [-0.4, -0.2) is 17.8 Å². The number of para-hydroxylation sites is 1. The van der Waals surface area contributed by atoms with Crippen molar-refractivity contribution in [3.63, 3.8) is 0 Å². The summed E-state index contributed by atoms with van der Waals surface area (Å²) in [7, 11) is 0. The van der Waals surface area contributed by atoms with Gasteiger partial charge in [0.2, 0.25) is 5.91 Å². The maximum absolute atomic E-state index is 12.3. The predicted octanol–water partition coefficient (Wildman–Crippen LogP) is 1.90. The van der Waals surface area contributed by atoms with Crippen molar-refractivity contribution in [2.75, 3.05) is 10.6 Å². The Balaban J connectivity index is 2.19. The fourth-order valence-corrected chi connectivity index (χ4v) is 1.99. The van der Waals surface area contributed by atoms with Crippen LogP contribution in [0.4, 0.5) is 11.4 Å². The number of aromatic carboxylic acids is 1. The minimum atomic E-state index is -1.37. The summed E-state index contributed by atoms with van der Waals surface area (Å²) < 4.78 is 0. The maximum Gasteiger partial charge on any atom is 0.255 e. The molecule has 0 atom stereocenters. The number of carboxylic acids is 1. The molecule has 6 nitrogen and oxygen atoms in total. The molecule has 0 heterocycles. The second kappa shape index (κ2) is 7.41. The number of carbonyl (C=O) groups excluding carboxylic acids is 3. The number of hydrogen-bond donors (Lipinski definition) is 2. The molecular formula is C18H17N2O4-. The molecule has 2 N–H and O–H groups in total. The zero-order valence-electron chi connectivity index (χ0n) is 13.3. The Hall–Kier alpha value is -3.15. The zero-order chi connectivity index (χ0) is 17.7. The SMILES string of the molecule is CC(C)C(=O)Nc1cccc(C(=O)Nc2ccccc2C(=O)[O-])c1. The van der Waals surface area contributed by atoms with E-state index in [0.29, 0.717) is 11.3 Å². The number of rotatable bonds is 5. The first-order valence-corrected chi connectivity index (χ1v) is 7.41. The van der Waals surface area contributed by atoms with Crippen LogP contribution in [0.1, 0.15) is 34.6 Å². The molecule has 0 aromatic heterocycles. The predicted molar refractivity (Wildman–Crippen MR) is 88.6 cm³/mol. The summed E-state index contributed by atoms with van der Waals surface area (Å²) >= 11 is 0. The van der Waals surface area contributed by atoms with Gasteiger partial charge in [0.25, 0.3) is 5.91 Å². The normalized spacial score (nSPS) is 10.3. The third-order valence-electron chi connectivity index (χ3n) is 3.31. The van der Waals surface area contributed by atoms with Gasteiger partial charge >= 0.3 is 0 Å². The third-order valence-corrected chi connectivity index (χ3v) is 3.31. The molecule has 0 saturated carbocycles. The molecular weight excluding hydrogens is 308 g/mol. The molecule has 124 valence electrons. The van der Waals surface area contributed by atoms with Gasteiger partial charge in [-0.05, 0) is 24.3 Å². The lowest BCUT2D eigenvalue weighted by Crippen LogP contribution is -2.24. The first-order valence-electron chi connectivity index (χ1n) is 7.41. The van der Waals surface area contributed by atoms with Crippen LogP contribution < -0.4 is 15.7 Å². The number of amides is 2. The summed E-state index contributed by atoms with van der Waals surface area (Å²) in [6, 6.07) is 12.4. The van der Waals surface area contributed by atoms with Gasteiger partial charge in [-0.1, -0.05) is 38.1 Å². The van der Waals surface area contributed by atoms with Crippen LogP contribution in [0.3, 0.4) is 0 Å². The highest BCUT2D eigenvalue weighted by Crippen LogP contribution is 2.17. The number of anilines is 2.